The monoisotopic (exact) mass is 295 g/mol. The molecule has 5 heteroatoms. The van der Waals surface area contributed by atoms with Crippen molar-refractivity contribution in [3.05, 3.63) is 12.1 Å². The van der Waals surface area contributed by atoms with Crippen LogP contribution < -0.4 is 15.8 Å². The molecule has 0 saturated carbocycles. The number of nitrogen functional groups attached to an aromatic ring is 1. The van der Waals surface area contributed by atoms with Crippen molar-refractivity contribution in [1.82, 2.24) is 4.98 Å². The first kappa shape index (κ1) is 17.6. The topological polar surface area (TPSA) is 69.4 Å². The summed E-state index contributed by atoms with van der Waals surface area (Å²) in [4.78, 5) is 4.41. The lowest BCUT2D eigenvalue weighted by molar-refractivity contribution is 0.0765. The number of hydrogen-bond acceptors (Lipinski definition) is 5. The summed E-state index contributed by atoms with van der Waals surface area (Å²) < 4.78 is 11.3. The summed E-state index contributed by atoms with van der Waals surface area (Å²) in [5, 5.41) is 3.28. The van der Waals surface area contributed by atoms with E-state index in [0.29, 0.717) is 17.7 Å². The van der Waals surface area contributed by atoms with Crippen LogP contribution in [-0.4, -0.2) is 29.8 Å². The molecule has 0 radical (unpaired) electrons. The number of hydrogen-bond donors (Lipinski definition) is 2. The molecule has 1 heterocycles. The summed E-state index contributed by atoms with van der Waals surface area (Å²) in [5.74, 6) is 1.27. The Hall–Kier alpha value is -1.49. The molecule has 0 atom stereocenters. The fraction of sp³-hybridized carbons (Fsp3) is 0.688. The Morgan fingerprint density at radius 1 is 1.24 bits per heavy atom. The van der Waals surface area contributed by atoms with Gasteiger partial charge < -0.3 is 20.5 Å². The zero-order chi connectivity index (χ0) is 15.9. The molecule has 0 aliphatic carbocycles. The van der Waals surface area contributed by atoms with Gasteiger partial charge in [0.25, 0.3) is 0 Å². The smallest absolute Gasteiger partial charge is 0.239 e. The molecule has 3 N–H and O–H groups in total. The lowest BCUT2D eigenvalue weighted by Crippen LogP contribution is -2.24. The molecule has 0 aromatic carbocycles. The second kappa shape index (κ2) is 8.08. The number of pyridine rings is 1. The van der Waals surface area contributed by atoms with Crippen LogP contribution in [-0.2, 0) is 4.74 Å². The largest absolute Gasteiger partial charge is 0.470 e. The zero-order valence-electron chi connectivity index (χ0n) is 13.9. The van der Waals surface area contributed by atoms with E-state index < -0.39 is 0 Å². The molecule has 5 nitrogen and oxygen atoms in total. The Balaban J connectivity index is 2.40. The molecule has 120 valence electrons. The highest BCUT2D eigenvalue weighted by atomic mass is 16.5. The molecule has 1 aromatic rings. The molecule has 0 spiro atoms. The van der Waals surface area contributed by atoms with Gasteiger partial charge in [-0.25, -0.2) is 0 Å². The van der Waals surface area contributed by atoms with Gasteiger partial charge >= 0.3 is 0 Å². The van der Waals surface area contributed by atoms with Crippen LogP contribution in [0.5, 0.6) is 5.88 Å². The standard InChI is InChI=1S/C16H29N3O2/c1-12(2)20-11-7-6-10-18-14-9-8-13(17)15(19-14)21-16(3,4)5/h8-9,12H,6-7,10-11,17H2,1-5H3,(H,18,19). The number of nitrogens with zero attached hydrogens (tertiary/aromatic N) is 1. The van der Waals surface area contributed by atoms with Crippen LogP contribution in [0.3, 0.4) is 0 Å². The summed E-state index contributed by atoms with van der Waals surface area (Å²) in [6.07, 6.45) is 2.37. The summed E-state index contributed by atoms with van der Waals surface area (Å²) in [5.41, 5.74) is 6.13. The maximum atomic E-state index is 5.89. The van der Waals surface area contributed by atoms with Gasteiger partial charge in [0.1, 0.15) is 11.4 Å². The Kier molecular flexibility index (Phi) is 6.75. The fourth-order valence-corrected chi connectivity index (χ4v) is 1.68. The van der Waals surface area contributed by atoms with Crippen LogP contribution in [0.2, 0.25) is 0 Å². The van der Waals surface area contributed by atoms with E-state index in [0.717, 1.165) is 31.8 Å². The molecule has 1 rings (SSSR count). The van der Waals surface area contributed by atoms with Crippen LogP contribution in [0, 0.1) is 0 Å². The second-order valence-electron chi connectivity index (χ2n) is 6.36. The molecule has 0 fully saturated rings. The Morgan fingerprint density at radius 3 is 2.57 bits per heavy atom. The van der Waals surface area contributed by atoms with Crippen LogP contribution in [0.15, 0.2) is 12.1 Å². The summed E-state index contributed by atoms with van der Waals surface area (Å²) in [6.45, 7) is 11.7. The highest BCUT2D eigenvalue weighted by molar-refractivity contribution is 5.53. The lowest BCUT2D eigenvalue weighted by atomic mass is 10.2. The first-order valence-electron chi connectivity index (χ1n) is 7.59. The molecule has 0 unspecified atom stereocenters. The third kappa shape index (κ3) is 7.75. The minimum Gasteiger partial charge on any atom is -0.470 e. The van der Waals surface area contributed by atoms with Crippen molar-refractivity contribution in [3.63, 3.8) is 0 Å². The highest BCUT2D eigenvalue weighted by Gasteiger charge is 2.15. The number of nitrogens with two attached hydrogens (primary N) is 1. The summed E-state index contributed by atoms with van der Waals surface area (Å²) in [6, 6.07) is 3.69. The maximum Gasteiger partial charge on any atom is 0.239 e. The van der Waals surface area contributed by atoms with E-state index in [-0.39, 0.29) is 5.60 Å². The number of nitrogens with one attached hydrogen (secondary N) is 1. The van der Waals surface area contributed by atoms with E-state index in [2.05, 4.69) is 10.3 Å². The zero-order valence-corrected chi connectivity index (χ0v) is 13.9. The predicted molar refractivity (Wildman–Crippen MR) is 87.8 cm³/mol. The minimum absolute atomic E-state index is 0.300. The van der Waals surface area contributed by atoms with Gasteiger partial charge in [0.05, 0.1) is 11.8 Å². The molecule has 21 heavy (non-hydrogen) atoms. The van der Waals surface area contributed by atoms with Crippen LogP contribution in [0.25, 0.3) is 0 Å². The highest BCUT2D eigenvalue weighted by Crippen LogP contribution is 2.24. The van der Waals surface area contributed by atoms with E-state index in [4.69, 9.17) is 15.2 Å². The quantitative estimate of drug-likeness (QED) is 0.719. The molecule has 0 amide bonds. The third-order valence-electron chi connectivity index (χ3n) is 2.62. The molecule has 0 bridgehead atoms. The van der Waals surface area contributed by atoms with Crippen molar-refractivity contribution >= 4 is 11.5 Å². The number of ether oxygens (including phenoxy) is 2. The molecule has 0 aliphatic rings. The van der Waals surface area contributed by atoms with Crippen LogP contribution >= 0.6 is 0 Å². The first-order chi connectivity index (χ1) is 9.78. The van der Waals surface area contributed by atoms with E-state index in [1.807, 2.05) is 46.8 Å². The lowest BCUT2D eigenvalue weighted by Gasteiger charge is -2.21. The van der Waals surface area contributed by atoms with Crippen molar-refractivity contribution in [2.75, 3.05) is 24.2 Å². The van der Waals surface area contributed by atoms with Gasteiger partial charge in [0.2, 0.25) is 5.88 Å². The normalized spacial score (nSPS) is 11.7. The van der Waals surface area contributed by atoms with Crippen molar-refractivity contribution < 1.29 is 9.47 Å². The Labute approximate surface area is 128 Å². The number of aromatic nitrogens is 1. The third-order valence-corrected chi connectivity index (χ3v) is 2.62. The second-order valence-corrected chi connectivity index (χ2v) is 6.36. The average Bonchev–Trinajstić information content (AvgIpc) is 2.35. The molecular formula is C16H29N3O2. The maximum absolute atomic E-state index is 5.89. The minimum atomic E-state index is -0.312. The van der Waals surface area contributed by atoms with E-state index in [1.165, 1.54) is 0 Å². The predicted octanol–water partition coefficient (Wildman–Crippen LogP) is 3.46. The van der Waals surface area contributed by atoms with Gasteiger partial charge in [-0.1, -0.05) is 0 Å². The number of rotatable bonds is 8. The number of unbranched alkanes of at least 4 members (excludes halogenated alkanes) is 1. The van der Waals surface area contributed by atoms with E-state index in [1.54, 1.807) is 0 Å². The van der Waals surface area contributed by atoms with Gasteiger partial charge in [-0.15, -0.1) is 0 Å². The van der Waals surface area contributed by atoms with Gasteiger partial charge in [0.15, 0.2) is 0 Å². The average molecular weight is 295 g/mol. The molecular weight excluding hydrogens is 266 g/mol. The molecule has 1 aromatic heterocycles. The van der Waals surface area contributed by atoms with Crippen molar-refractivity contribution in [2.24, 2.45) is 0 Å². The molecule has 0 aliphatic heterocycles. The van der Waals surface area contributed by atoms with E-state index >= 15 is 0 Å². The van der Waals surface area contributed by atoms with Gasteiger partial charge in [-0.05, 0) is 59.6 Å². The Bertz CT molecular complexity index is 428. The van der Waals surface area contributed by atoms with E-state index in [9.17, 15) is 0 Å². The summed E-state index contributed by atoms with van der Waals surface area (Å²) in [7, 11) is 0. The van der Waals surface area contributed by atoms with Crippen molar-refractivity contribution in [1.29, 1.82) is 0 Å². The number of anilines is 2. The van der Waals surface area contributed by atoms with Crippen molar-refractivity contribution in [2.45, 2.75) is 59.2 Å². The van der Waals surface area contributed by atoms with Crippen molar-refractivity contribution in [3.8, 4) is 5.88 Å². The van der Waals surface area contributed by atoms with Gasteiger partial charge in [0, 0.05) is 13.2 Å². The summed E-state index contributed by atoms with van der Waals surface area (Å²) >= 11 is 0. The van der Waals surface area contributed by atoms with Gasteiger partial charge in [-0.3, -0.25) is 0 Å². The first-order valence-corrected chi connectivity index (χ1v) is 7.59. The SMILES string of the molecule is CC(C)OCCCCNc1ccc(N)c(OC(C)(C)C)n1. The van der Waals surface area contributed by atoms with Crippen LogP contribution in [0.4, 0.5) is 11.5 Å². The molecule has 0 saturated heterocycles. The van der Waals surface area contributed by atoms with Crippen LogP contribution in [0.1, 0.15) is 47.5 Å². The Morgan fingerprint density at radius 2 is 1.95 bits per heavy atom. The van der Waals surface area contributed by atoms with Gasteiger partial charge in [-0.2, -0.15) is 4.98 Å². The fourth-order valence-electron chi connectivity index (χ4n) is 1.68.